The van der Waals surface area contributed by atoms with Crippen molar-refractivity contribution in [3.63, 3.8) is 0 Å². The maximum absolute atomic E-state index is 13.3. The van der Waals surface area contributed by atoms with Crippen molar-refractivity contribution in [1.29, 1.82) is 0 Å². The molecule has 2 aromatic carbocycles. The van der Waals surface area contributed by atoms with Crippen molar-refractivity contribution >= 4 is 27.5 Å². The van der Waals surface area contributed by atoms with Crippen LogP contribution in [0, 0.1) is 11.7 Å². The fraction of sp³-hybridized carbons (Fsp3) is 0.500. The SMILES string of the molecule is C[C@H](C[C@H](N)[C@H](Cc1ccccc1)NC(=O)[C@H](C)N1CCN(C2CC2)S(=O)(=O)C1)C(=O)Nc1ccc(F)cc1. The zero-order chi connectivity index (χ0) is 28.2. The topological polar surface area (TPSA) is 125 Å². The predicted molar refractivity (Wildman–Crippen MR) is 149 cm³/mol. The van der Waals surface area contributed by atoms with E-state index in [1.165, 1.54) is 24.3 Å². The molecular formula is C28H38FN5O4S. The van der Waals surface area contributed by atoms with E-state index < -0.39 is 34.1 Å². The fourth-order valence-corrected chi connectivity index (χ4v) is 6.86. The van der Waals surface area contributed by atoms with Gasteiger partial charge >= 0.3 is 0 Å². The van der Waals surface area contributed by atoms with Gasteiger partial charge in [0.25, 0.3) is 0 Å². The molecule has 2 amide bonds. The Hall–Kier alpha value is -2.86. The molecule has 0 unspecified atom stereocenters. The van der Waals surface area contributed by atoms with Crippen molar-refractivity contribution in [3.05, 3.63) is 66.0 Å². The standard InChI is InChI=1S/C28H38FN5O4S/c1-19(27(35)31-23-10-8-22(29)9-11-23)16-25(30)26(17-21-6-4-3-5-7-21)32-28(36)20(2)33-14-15-34(24-12-13-24)39(37,38)18-33/h3-11,19-20,24-26H,12-18,30H2,1-2H3,(H,31,35)(H,32,36)/t19-,20+,25+,26+/m1/s1. The summed E-state index contributed by atoms with van der Waals surface area (Å²) >= 11 is 0. The Labute approximate surface area is 230 Å². The van der Waals surface area contributed by atoms with Gasteiger partial charge in [0.2, 0.25) is 21.8 Å². The number of nitrogens with zero attached hydrogens (tertiary/aromatic N) is 2. The van der Waals surface area contributed by atoms with Gasteiger partial charge in [-0.2, -0.15) is 4.31 Å². The maximum atomic E-state index is 13.3. The molecule has 2 aliphatic rings. The van der Waals surface area contributed by atoms with E-state index in [4.69, 9.17) is 5.73 Å². The van der Waals surface area contributed by atoms with Gasteiger partial charge in [0.05, 0.1) is 6.04 Å². The summed E-state index contributed by atoms with van der Waals surface area (Å²) in [5.74, 6) is -1.61. The van der Waals surface area contributed by atoms with Gasteiger partial charge in [-0.05, 0) is 62.4 Å². The molecule has 11 heteroatoms. The molecule has 2 fully saturated rings. The van der Waals surface area contributed by atoms with Gasteiger partial charge in [0.15, 0.2) is 0 Å². The summed E-state index contributed by atoms with van der Waals surface area (Å²) in [6, 6.07) is 13.6. The number of halogens is 1. The second-order valence-electron chi connectivity index (χ2n) is 10.7. The number of amides is 2. The van der Waals surface area contributed by atoms with Gasteiger partial charge < -0.3 is 16.4 Å². The molecule has 1 heterocycles. The van der Waals surface area contributed by atoms with E-state index in [-0.39, 0.29) is 29.6 Å². The quantitative estimate of drug-likeness (QED) is 0.388. The fourth-order valence-electron chi connectivity index (χ4n) is 4.92. The van der Waals surface area contributed by atoms with Crippen LogP contribution >= 0.6 is 0 Å². The summed E-state index contributed by atoms with van der Waals surface area (Å²) in [4.78, 5) is 27.8. The summed E-state index contributed by atoms with van der Waals surface area (Å²) in [6.07, 6.45) is 2.55. The van der Waals surface area contributed by atoms with Crippen molar-refractivity contribution in [2.45, 2.75) is 63.7 Å². The van der Waals surface area contributed by atoms with E-state index in [2.05, 4.69) is 10.6 Å². The first-order valence-electron chi connectivity index (χ1n) is 13.4. The molecular weight excluding hydrogens is 521 g/mol. The number of benzene rings is 2. The molecule has 1 saturated heterocycles. The van der Waals surface area contributed by atoms with Crippen LogP contribution in [0.2, 0.25) is 0 Å². The van der Waals surface area contributed by atoms with Crippen LogP contribution in [0.15, 0.2) is 54.6 Å². The lowest BCUT2D eigenvalue weighted by Gasteiger charge is -2.37. The zero-order valence-corrected chi connectivity index (χ0v) is 23.2. The monoisotopic (exact) mass is 559 g/mol. The van der Waals surface area contributed by atoms with Crippen molar-refractivity contribution in [1.82, 2.24) is 14.5 Å². The summed E-state index contributed by atoms with van der Waals surface area (Å²) in [7, 11) is -3.45. The van der Waals surface area contributed by atoms with E-state index in [0.29, 0.717) is 31.6 Å². The Bertz CT molecular complexity index is 1240. The lowest BCUT2D eigenvalue weighted by molar-refractivity contribution is -0.126. The number of sulfonamides is 1. The summed E-state index contributed by atoms with van der Waals surface area (Å²) in [5, 5.41) is 5.82. The molecule has 1 aliphatic heterocycles. The van der Waals surface area contributed by atoms with Gasteiger partial charge in [-0.15, -0.1) is 0 Å². The van der Waals surface area contributed by atoms with Crippen LogP contribution in [0.5, 0.6) is 0 Å². The normalized spacial score (nSPS) is 20.9. The Kier molecular flexibility index (Phi) is 9.37. The number of nitrogens with two attached hydrogens (primary N) is 1. The van der Waals surface area contributed by atoms with Gasteiger partial charge in [-0.1, -0.05) is 37.3 Å². The number of carbonyl (C=O) groups is 2. The Morgan fingerprint density at radius 3 is 2.31 bits per heavy atom. The van der Waals surface area contributed by atoms with Crippen molar-refractivity contribution in [2.75, 3.05) is 24.3 Å². The summed E-state index contributed by atoms with van der Waals surface area (Å²) in [5.41, 5.74) is 8.05. The van der Waals surface area contributed by atoms with E-state index >= 15 is 0 Å². The second kappa shape index (κ2) is 12.5. The van der Waals surface area contributed by atoms with Gasteiger partial charge in [-0.25, -0.2) is 12.8 Å². The zero-order valence-electron chi connectivity index (χ0n) is 22.4. The molecule has 9 nitrogen and oxygen atoms in total. The number of nitrogens with one attached hydrogen (secondary N) is 2. The van der Waals surface area contributed by atoms with Crippen molar-refractivity contribution < 1.29 is 22.4 Å². The highest BCUT2D eigenvalue weighted by atomic mass is 32.2. The first-order chi connectivity index (χ1) is 18.5. The lowest BCUT2D eigenvalue weighted by atomic mass is 9.92. The molecule has 39 heavy (non-hydrogen) atoms. The van der Waals surface area contributed by atoms with E-state index in [1.54, 1.807) is 23.1 Å². The molecule has 2 aromatic rings. The van der Waals surface area contributed by atoms with Crippen LogP contribution in [-0.2, 0) is 26.0 Å². The number of anilines is 1. The minimum Gasteiger partial charge on any atom is -0.350 e. The van der Waals surface area contributed by atoms with E-state index in [1.807, 2.05) is 30.3 Å². The number of hydrogen-bond acceptors (Lipinski definition) is 6. The number of rotatable bonds is 11. The first-order valence-corrected chi connectivity index (χ1v) is 15.0. The number of hydrogen-bond donors (Lipinski definition) is 3. The van der Waals surface area contributed by atoms with Crippen LogP contribution in [0.4, 0.5) is 10.1 Å². The average Bonchev–Trinajstić information content (AvgIpc) is 3.74. The van der Waals surface area contributed by atoms with Crippen LogP contribution in [-0.4, -0.2) is 72.6 Å². The van der Waals surface area contributed by atoms with Gasteiger partial charge in [-0.3, -0.25) is 14.5 Å². The molecule has 0 radical (unpaired) electrons. The van der Waals surface area contributed by atoms with Crippen LogP contribution < -0.4 is 16.4 Å². The lowest BCUT2D eigenvalue weighted by Crippen LogP contribution is -2.59. The highest BCUT2D eigenvalue weighted by Crippen LogP contribution is 2.31. The van der Waals surface area contributed by atoms with Crippen molar-refractivity contribution in [2.24, 2.45) is 11.7 Å². The summed E-state index contributed by atoms with van der Waals surface area (Å²) < 4.78 is 40.3. The minimum absolute atomic E-state index is 0.108. The van der Waals surface area contributed by atoms with Crippen molar-refractivity contribution in [3.8, 4) is 0 Å². The maximum Gasteiger partial charge on any atom is 0.237 e. The van der Waals surface area contributed by atoms with Gasteiger partial charge in [0, 0.05) is 42.8 Å². The van der Waals surface area contributed by atoms with Crippen LogP contribution in [0.3, 0.4) is 0 Å². The van der Waals surface area contributed by atoms with Gasteiger partial charge in [0.1, 0.15) is 11.7 Å². The largest absolute Gasteiger partial charge is 0.350 e. The molecule has 1 saturated carbocycles. The third kappa shape index (κ3) is 7.84. The Morgan fingerprint density at radius 2 is 1.69 bits per heavy atom. The summed E-state index contributed by atoms with van der Waals surface area (Å²) in [6.45, 7) is 4.34. The smallest absolute Gasteiger partial charge is 0.237 e. The third-order valence-corrected chi connectivity index (χ3v) is 9.36. The predicted octanol–water partition coefficient (Wildman–Crippen LogP) is 2.30. The highest BCUT2D eigenvalue weighted by Gasteiger charge is 2.42. The van der Waals surface area contributed by atoms with Crippen LogP contribution in [0.25, 0.3) is 0 Å². The molecule has 1 aliphatic carbocycles. The Balaban J connectivity index is 1.40. The first kappa shape index (κ1) is 29.1. The highest BCUT2D eigenvalue weighted by molar-refractivity contribution is 7.89. The molecule has 0 aromatic heterocycles. The molecule has 212 valence electrons. The second-order valence-corrected chi connectivity index (χ2v) is 12.6. The minimum atomic E-state index is -3.45. The number of carbonyl (C=O) groups excluding carboxylic acids is 2. The Morgan fingerprint density at radius 1 is 1.03 bits per heavy atom. The van der Waals surface area contributed by atoms with Crippen LogP contribution in [0.1, 0.15) is 38.7 Å². The molecule has 4 rings (SSSR count). The third-order valence-electron chi connectivity index (χ3n) is 7.50. The van der Waals surface area contributed by atoms with E-state index in [0.717, 1.165) is 18.4 Å². The average molecular weight is 560 g/mol. The molecule has 0 bridgehead atoms. The molecule has 0 spiro atoms. The molecule has 4 atom stereocenters. The molecule has 4 N–H and O–H groups in total. The van der Waals surface area contributed by atoms with E-state index in [9.17, 15) is 22.4 Å².